The topological polar surface area (TPSA) is 63.2 Å². The van der Waals surface area contributed by atoms with Crippen molar-refractivity contribution in [3.8, 4) is 0 Å². The van der Waals surface area contributed by atoms with Gasteiger partial charge in [-0.3, -0.25) is 4.79 Å². The molecule has 96 valence electrons. The summed E-state index contributed by atoms with van der Waals surface area (Å²) in [5, 5.41) is 9.05. The highest BCUT2D eigenvalue weighted by atomic mass is 32.1. The van der Waals surface area contributed by atoms with Crippen LogP contribution in [0.15, 0.2) is 5.38 Å². The number of aryl methyl sites for hydroxylation is 1. The number of methoxy groups -OCH3 is 1. The van der Waals surface area contributed by atoms with Crippen molar-refractivity contribution in [3.05, 3.63) is 16.1 Å². The maximum Gasteiger partial charge on any atom is 0.221 e. The Balaban J connectivity index is 2.02. The lowest BCUT2D eigenvalue weighted by atomic mass is 10.3. The molecule has 0 spiro atoms. The molecule has 17 heavy (non-hydrogen) atoms. The van der Waals surface area contributed by atoms with E-state index in [2.05, 4.69) is 15.6 Å². The van der Waals surface area contributed by atoms with Crippen molar-refractivity contribution in [1.82, 2.24) is 15.6 Å². The van der Waals surface area contributed by atoms with Crippen molar-refractivity contribution in [2.75, 3.05) is 26.8 Å². The van der Waals surface area contributed by atoms with Gasteiger partial charge in [-0.15, -0.1) is 11.3 Å². The SMILES string of the molecule is COCCNC(=O)CCNCc1csc(C)n1. The lowest BCUT2D eigenvalue weighted by Gasteiger charge is -2.05. The van der Waals surface area contributed by atoms with Gasteiger partial charge in [0, 0.05) is 38.5 Å². The highest BCUT2D eigenvalue weighted by Crippen LogP contribution is 2.06. The van der Waals surface area contributed by atoms with Crippen LogP contribution in [-0.2, 0) is 16.1 Å². The second kappa shape index (κ2) is 8.16. The summed E-state index contributed by atoms with van der Waals surface area (Å²) in [6, 6.07) is 0. The summed E-state index contributed by atoms with van der Waals surface area (Å²) in [5.41, 5.74) is 1.03. The largest absolute Gasteiger partial charge is 0.383 e. The summed E-state index contributed by atoms with van der Waals surface area (Å²) in [4.78, 5) is 15.6. The molecule has 0 aliphatic carbocycles. The molecule has 1 aromatic heterocycles. The molecule has 1 rings (SSSR count). The summed E-state index contributed by atoms with van der Waals surface area (Å²) >= 11 is 1.64. The summed E-state index contributed by atoms with van der Waals surface area (Å²) < 4.78 is 4.84. The number of ether oxygens (including phenoxy) is 1. The molecule has 0 unspecified atom stereocenters. The number of carbonyl (C=O) groups is 1. The monoisotopic (exact) mass is 257 g/mol. The molecule has 5 nitrogen and oxygen atoms in total. The summed E-state index contributed by atoms with van der Waals surface area (Å²) in [5.74, 6) is 0.0454. The summed E-state index contributed by atoms with van der Waals surface area (Å²) in [6.45, 7) is 4.49. The minimum atomic E-state index is 0.0454. The second-order valence-corrected chi connectivity index (χ2v) is 4.69. The number of aromatic nitrogens is 1. The van der Waals surface area contributed by atoms with Gasteiger partial charge in [0.15, 0.2) is 0 Å². The smallest absolute Gasteiger partial charge is 0.221 e. The molecule has 1 amide bonds. The molecule has 0 saturated carbocycles. The zero-order valence-electron chi connectivity index (χ0n) is 10.3. The van der Waals surface area contributed by atoms with Gasteiger partial charge in [-0.1, -0.05) is 0 Å². The fourth-order valence-corrected chi connectivity index (χ4v) is 1.90. The van der Waals surface area contributed by atoms with Crippen molar-refractivity contribution in [2.45, 2.75) is 19.9 Å². The molecule has 1 aromatic rings. The molecular formula is C11H19N3O2S. The minimum absolute atomic E-state index is 0.0454. The van der Waals surface area contributed by atoms with E-state index in [4.69, 9.17) is 4.74 Å². The lowest BCUT2D eigenvalue weighted by molar-refractivity contribution is -0.121. The Hall–Kier alpha value is -0.980. The van der Waals surface area contributed by atoms with Gasteiger partial charge in [0.1, 0.15) is 0 Å². The van der Waals surface area contributed by atoms with Gasteiger partial charge in [0.25, 0.3) is 0 Å². The molecule has 0 saturated heterocycles. The number of nitrogens with zero attached hydrogens (tertiary/aromatic N) is 1. The van der Waals surface area contributed by atoms with Gasteiger partial charge in [-0.2, -0.15) is 0 Å². The molecule has 6 heteroatoms. The average molecular weight is 257 g/mol. The summed E-state index contributed by atoms with van der Waals surface area (Å²) in [7, 11) is 1.61. The van der Waals surface area contributed by atoms with Crippen LogP contribution < -0.4 is 10.6 Å². The van der Waals surface area contributed by atoms with E-state index in [0.29, 0.717) is 26.1 Å². The molecule has 0 atom stereocenters. The third-order valence-corrected chi connectivity index (χ3v) is 2.95. The van der Waals surface area contributed by atoms with Crippen LogP contribution in [0, 0.1) is 6.92 Å². The fraction of sp³-hybridized carbons (Fsp3) is 0.636. The zero-order chi connectivity index (χ0) is 12.5. The number of hydrogen-bond donors (Lipinski definition) is 2. The van der Waals surface area contributed by atoms with Crippen LogP contribution in [0.5, 0.6) is 0 Å². The van der Waals surface area contributed by atoms with E-state index in [9.17, 15) is 4.79 Å². The van der Waals surface area contributed by atoms with Crippen LogP contribution in [0.2, 0.25) is 0 Å². The Labute approximate surface area is 106 Å². The van der Waals surface area contributed by atoms with Crippen LogP contribution in [0.25, 0.3) is 0 Å². The Kier molecular flexibility index (Phi) is 6.76. The highest BCUT2D eigenvalue weighted by Gasteiger charge is 2.01. The predicted molar refractivity (Wildman–Crippen MR) is 68.1 cm³/mol. The highest BCUT2D eigenvalue weighted by molar-refractivity contribution is 7.09. The standard InChI is InChI=1S/C11H19N3O2S/c1-9-14-10(8-17-9)7-12-4-3-11(15)13-5-6-16-2/h8,12H,3-7H2,1-2H3,(H,13,15). The number of thiazole rings is 1. The van der Waals surface area contributed by atoms with Crippen molar-refractivity contribution in [3.63, 3.8) is 0 Å². The van der Waals surface area contributed by atoms with E-state index in [1.54, 1.807) is 18.4 Å². The van der Waals surface area contributed by atoms with Gasteiger partial charge in [0.05, 0.1) is 17.3 Å². The van der Waals surface area contributed by atoms with Gasteiger partial charge < -0.3 is 15.4 Å². The van der Waals surface area contributed by atoms with Crippen LogP contribution in [0.4, 0.5) is 0 Å². The maximum atomic E-state index is 11.3. The van der Waals surface area contributed by atoms with Crippen molar-refractivity contribution < 1.29 is 9.53 Å². The quantitative estimate of drug-likeness (QED) is 0.673. The lowest BCUT2D eigenvalue weighted by Crippen LogP contribution is -2.29. The first-order chi connectivity index (χ1) is 8.22. The van der Waals surface area contributed by atoms with E-state index in [0.717, 1.165) is 17.2 Å². The second-order valence-electron chi connectivity index (χ2n) is 3.63. The zero-order valence-corrected chi connectivity index (χ0v) is 11.1. The minimum Gasteiger partial charge on any atom is -0.383 e. The molecule has 0 bridgehead atoms. The number of carbonyl (C=O) groups excluding carboxylic acids is 1. The first-order valence-corrected chi connectivity index (χ1v) is 6.47. The van der Waals surface area contributed by atoms with Crippen LogP contribution in [0.3, 0.4) is 0 Å². The third kappa shape index (κ3) is 6.35. The molecular weight excluding hydrogens is 238 g/mol. The summed E-state index contributed by atoms with van der Waals surface area (Å²) in [6.07, 6.45) is 0.479. The normalized spacial score (nSPS) is 10.5. The van der Waals surface area contributed by atoms with E-state index in [1.807, 2.05) is 12.3 Å². The van der Waals surface area contributed by atoms with Gasteiger partial charge in [-0.05, 0) is 6.92 Å². The van der Waals surface area contributed by atoms with E-state index in [-0.39, 0.29) is 5.91 Å². The van der Waals surface area contributed by atoms with Gasteiger partial charge in [0.2, 0.25) is 5.91 Å². The number of rotatable bonds is 8. The molecule has 2 N–H and O–H groups in total. The van der Waals surface area contributed by atoms with Gasteiger partial charge in [-0.25, -0.2) is 4.98 Å². The predicted octanol–water partition coefficient (Wildman–Crippen LogP) is 0.694. The Bertz CT molecular complexity index is 341. The third-order valence-electron chi connectivity index (χ3n) is 2.13. The van der Waals surface area contributed by atoms with E-state index < -0.39 is 0 Å². The van der Waals surface area contributed by atoms with Crippen LogP contribution in [0.1, 0.15) is 17.1 Å². The number of nitrogens with one attached hydrogen (secondary N) is 2. The molecule has 0 aromatic carbocycles. The molecule has 1 heterocycles. The fourth-order valence-electron chi connectivity index (χ4n) is 1.29. The first-order valence-electron chi connectivity index (χ1n) is 5.59. The van der Waals surface area contributed by atoms with Crippen LogP contribution in [-0.4, -0.2) is 37.7 Å². The molecule has 0 radical (unpaired) electrons. The number of amides is 1. The Morgan fingerprint density at radius 3 is 3.00 bits per heavy atom. The van der Waals surface area contributed by atoms with E-state index >= 15 is 0 Å². The number of hydrogen-bond acceptors (Lipinski definition) is 5. The van der Waals surface area contributed by atoms with Crippen molar-refractivity contribution in [1.29, 1.82) is 0 Å². The Morgan fingerprint density at radius 2 is 2.35 bits per heavy atom. The molecule has 0 fully saturated rings. The van der Waals surface area contributed by atoms with Crippen molar-refractivity contribution >= 4 is 17.2 Å². The van der Waals surface area contributed by atoms with Crippen molar-refractivity contribution in [2.24, 2.45) is 0 Å². The Morgan fingerprint density at radius 1 is 1.53 bits per heavy atom. The first kappa shape index (κ1) is 14.1. The van der Waals surface area contributed by atoms with Gasteiger partial charge >= 0.3 is 0 Å². The van der Waals surface area contributed by atoms with Crippen LogP contribution >= 0.6 is 11.3 Å². The van der Waals surface area contributed by atoms with E-state index in [1.165, 1.54) is 0 Å². The molecule has 0 aliphatic rings. The average Bonchev–Trinajstić information content (AvgIpc) is 2.71. The molecule has 0 aliphatic heterocycles. The maximum absolute atomic E-state index is 11.3.